The van der Waals surface area contributed by atoms with E-state index in [4.69, 9.17) is 9.47 Å². The number of ether oxygens (including phenoxy) is 2. The molecule has 3 unspecified atom stereocenters. The molecule has 0 aromatic heterocycles. The standard InChI is InChI=1S/C18H20O3/c1-2-20-18-15(19)12-17(18)21-16-11-7-6-10-14(16)13-8-4-3-5-9-13/h3-11,15,17-19H,2,12H2,1H3. The van der Waals surface area contributed by atoms with Crippen molar-refractivity contribution in [1.82, 2.24) is 0 Å². The van der Waals surface area contributed by atoms with Crippen LogP contribution in [0.25, 0.3) is 11.1 Å². The number of hydrogen-bond acceptors (Lipinski definition) is 3. The lowest BCUT2D eigenvalue weighted by molar-refractivity contribution is -0.160. The fourth-order valence-corrected chi connectivity index (χ4v) is 2.67. The summed E-state index contributed by atoms with van der Waals surface area (Å²) in [6.45, 7) is 2.52. The zero-order chi connectivity index (χ0) is 14.7. The molecular weight excluding hydrogens is 264 g/mol. The van der Waals surface area contributed by atoms with E-state index in [1.807, 2.05) is 43.3 Å². The zero-order valence-electron chi connectivity index (χ0n) is 12.1. The number of aliphatic hydroxyl groups is 1. The van der Waals surface area contributed by atoms with Crippen LogP contribution in [0.5, 0.6) is 5.75 Å². The predicted molar refractivity (Wildman–Crippen MR) is 82.3 cm³/mol. The van der Waals surface area contributed by atoms with E-state index in [-0.39, 0.29) is 12.2 Å². The average Bonchev–Trinajstić information content (AvgIpc) is 2.53. The van der Waals surface area contributed by atoms with Crippen LogP contribution in [0, 0.1) is 0 Å². The van der Waals surface area contributed by atoms with Crippen molar-refractivity contribution in [3.8, 4) is 16.9 Å². The highest BCUT2D eigenvalue weighted by atomic mass is 16.6. The summed E-state index contributed by atoms with van der Waals surface area (Å²) >= 11 is 0. The molecule has 3 rings (SSSR count). The highest BCUT2D eigenvalue weighted by Crippen LogP contribution is 2.34. The van der Waals surface area contributed by atoms with Crippen LogP contribution in [0.1, 0.15) is 13.3 Å². The van der Waals surface area contributed by atoms with E-state index in [0.29, 0.717) is 13.0 Å². The zero-order valence-corrected chi connectivity index (χ0v) is 12.1. The molecule has 0 aliphatic heterocycles. The highest BCUT2D eigenvalue weighted by molar-refractivity contribution is 5.70. The van der Waals surface area contributed by atoms with Gasteiger partial charge in [0.1, 0.15) is 18.0 Å². The first-order chi connectivity index (χ1) is 10.3. The summed E-state index contributed by atoms with van der Waals surface area (Å²) in [5.74, 6) is 0.838. The molecule has 1 fully saturated rings. The summed E-state index contributed by atoms with van der Waals surface area (Å²) in [5.41, 5.74) is 2.19. The van der Waals surface area contributed by atoms with Gasteiger partial charge in [0.25, 0.3) is 0 Å². The lowest BCUT2D eigenvalue weighted by Crippen LogP contribution is -2.55. The summed E-state index contributed by atoms with van der Waals surface area (Å²) in [6, 6.07) is 18.2. The van der Waals surface area contributed by atoms with Crippen LogP contribution >= 0.6 is 0 Å². The van der Waals surface area contributed by atoms with Gasteiger partial charge >= 0.3 is 0 Å². The maximum Gasteiger partial charge on any atom is 0.130 e. The molecule has 110 valence electrons. The fraction of sp³-hybridized carbons (Fsp3) is 0.333. The van der Waals surface area contributed by atoms with E-state index >= 15 is 0 Å². The van der Waals surface area contributed by atoms with Crippen LogP contribution in [0.2, 0.25) is 0 Å². The Balaban J connectivity index is 1.81. The first-order valence-electron chi connectivity index (χ1n) is 7.40. The Morgan fingerprint density at radius 3 is 2.48 bits per heavy atom. The van der Waals surface area contributed by atoms with E-state index in [1.165, 1.54) is 0 Å². The van der Waals surface area contributed by atoms with Gasteiger partial charge in [0.05, 0.1) is 6.10 Å². The van der Waals surface area contributed by atoms with E-state index in [9.17, 15) is 5.11 Å². The van der Waals surface area contributed by atoms with Gasteiger partial charge in [0, 0.05) is 18.6 Å². The summed E-state index contributed by atoms with van der Waals surface area (Å²) in [4.78, 5) is 0. The van der Waals surface area contributed by atoms with Crippen molar-refractivity contribution < 1.29 is 14.6 Å². The lowest BCUT2D eigenvalue weighted by Gasteiger charge is -2.40. The summed E-state index contributed by atoms with van der Waals surface area (Å²) in [6.07, 6.45) is -0.101. The van der Waals surface area contributed by atoms with Gasteiger partial charge in [-0.1, -0.05) is 48.5 Å². The molecule has 0 heterocycles. The second-order valence-corrected chi connectivity index (χ2v) is 5.24. The molecule has 3 nitrogen and oxygen atoms in total. The van der Waals surface area contributed by atoms with Gasteiger partial charge in [0.2, 0.25) is 0 Å². The summed E-state index contributed by atoms with van der Waals surface area (Å²) < 4.78 is 11.6. The third-order valence-corrected chi connectivity index (χ3v) is 3.83. The molecule has 0 bridgehead atoms. The predicted octanol–water partition coefficient (Wildman–Crippen LogP) is 3.27. The molecule has 2 aromatic carbocycles. The quantitative estimate of drug-likeness (QED) is 0.916. The Kier molecular flexibility index (Phi) is 4.23. The van der Waals surface area contributed by atoms with Gasteiger partial charge < -0.3 is 14.6 Å². The second kappa shape index (κ2) is 6.29. The number of rotatable bonds is 5. The molecule has 3 atom stereocenters. The van der Waals surface area contributed by atoms with Gasteiger partial charge in [0.15, 0.2) is 0 Å². The average molecular weight is 284 g/mol. The molecule has 0 radical (unpaired) electrons. The molecular formula is C18H20O3. The molecule has 1 N–H and O–H groups in total. The van der Waals surface area contributed by atoms with E-state index in [1.54, 1.807) is 0 Å². The van der Waals surface area contributed by atoms with Gasteiger partial charge in [-0.15, -0.1) is 0 Å². The number of para-hydroxylation sites is 1. The van der Waals surface area contributed by atoms with Gasteiger partial charge in [-0.25, -0.2) is 0 Å². The van der Waals surface area contributed by atoms with Crippen LogP contribution in [0.3, 0.4) is 0 Å². The minimum absolute atomic E-state index is 0.0789. The first kappa shape index (κ1) is 14.1. The van der Waals surface area contributed by atoms with Crippen molar-refractivity contribution in [2.24, 2.45) is 0 Å². The largest absolute Gasteiger partial charge is 0.487 e. The topological polar surface area (TPSA) is 38.7 Å². The molecule has 1 aliphatic carbocycles. The van der Waals surface area contributed by atoms with Crippen molar-refractivity contribution >= 4 is 0 Å². The molecule has 1 aliphatic rings. The maximum absolute atomic E-state index is 9.77. The first-order valence-corrected chi connectivity index (χ1v) is 7.40. The van der Waals surface area contributed by atoms with Crippen LogP contribution in [0.15, 0.2) is 54.6 Å². The second-order valence-electron chi connectivity index (χ2n) is 5.24. The minimum atomic E-state index is -0.418. The monoisotopic (exact) mass is 284 g/mol. The molecule has 3 heteroatoms. The van der Waals surface area contributed by atoms with Crippen LogP contribution < -0.4 is 4.74 Å². The highest BCUT2D eigenvalue weighted by Gasteiger charge is 2.42. The van der Waals surface area contributed by atoms with Crippen molar-refractivity contribution in [2.45, 2.75) is 31.7 Å². The van der Waals surface area contributed by atoms with Crippen molar-refractivity contribution in [3.05, 3.63) is 54.6 Å². The Morgan fingerprint density at radius 2 is 1.76 bits per heavy atom. The molecule has 21 heavy (non-hydrogen) atoms. The lowest BCUT2D eigenvalue weighted by atomic mass is 9.88. The normalized spacial score (nSPS) is 24.4. The Hall–Kier alpha value is -1.84. The Bertz CT molecular complexity index is 582. The molecule has 0 saturated heterocycles. The SMILES string of the molecule is CCOC1C(O)CC1Oc1ccccc1-c1ccccc1. The number of benzene rings is 2. The Labute approximate surface area is 125 Å². The van der Waals surface area contributed by atoms with Gasteiger partial charge in [-0.05, 0) is 18.6 Å². The summed E-state index contributed by atoms with van der Waals surface area (Å²) in [7, 11) is 0. The van der Waals surface area contributed by atoms with Gasteiger partial charge in [-0.2, -0.15) is 0 Å². The number of hydrogen-bond donors (Lipinski definition) is 1. The molecule has 2 aromatic rings. The summed E-state index contributed by atoms with van der Waals surface area (Å²) in [5, 5.41) is 9.77. The van der Waals surface area contributed by atoms with E-state index in [0.717, 1.165) is 16.9 Å². The van der Waals surface area contributed by atoms with Crippen molar-refractivity contribution in [2.75, 3.05) is 6.61 Å². The number of aliphatic hydroxyl groups excluding tert-OH is 1. The maximum atomic E-state index is 9.77. The van der Waals surface area contributed by atoms with E-state index < -0.39 is 6.10 Å². The minimum Gasteiger partial charge on any atom is -0.487 e. The van der Waals surface area contributed by atoms with Crippen LogP contribution in [-0.2, 0) is 4.74 Å². The van der Waals surface area contributed by atoms with E-state index in [2.05, 4.69) is 18.2 Å². The Morgan fingerprint density at radius 1 is 1.05 bits per heavy atom. The van der Waals surface area contributed by atoms with Crippen molar-refractivity contribution in [1.29, 1.82) is 0 Å². The van der Waals surface area contributed by atoms with Crippen LogP contribution in [-0.4, -0.2) is 30.0 Å². The third kappa shape index (κ3) is 2.94. The molecule has 1 saturated carbocycles. The van der Waals surface area contributed by atoms with Crippen molar-refractivity contribution in [3.63, 3.8) is 0 Å². The smallest absolute Gasteiger partial charge is 0.130 e. The van der Waals surface area contributed by atoms with Crippen LogP contribution in [0.4, 0.5) is 0 Å². The fourth-order valence-electron chi connectivity index (χ4n) is 2.67. The molecule has 0 amide bonds. The third-order valence-electron chi connectivity index (χ3n) is 3.83. The molecule has 0 spiro atoms. The van der Waals surface area contributed by atoms with Gasteiger partial charge in [-0.3, -0.25) is 0 Å².